The number of Topliss-reactive ketones (excluding diaryl/α,β-unsaturated/α-hetero) is 1. The molecule has 0 aromatic heterocycles. The lowest BCUT2D eigenvalue weighted by atomic mass is 10.1. The highest BCUT2D eigenvalue weighted by molar-refractivity contribution is 9.10. The van der Waals surface area contributed by atoms with Crippen LogP contribution in [0.4, 0.5) is 0 Å². The summed E-state index contributed by atoms with van der Waals surface area (Å²) in [5.74, 6) is 0.206. The van der Waals surface area contributed by atoms with E-state index in [1.807, 2.05) is 24.3 Å². The van der Waals surface area contributed by atoms with Gasteiger partial charge in [0.2, 0.25) is 0 Å². The predicted octanol–water partition coefficient (Wildman–Crippen LogP) is 4.37. The summed E-state index contributed by atoms with van der Waals surface area (Å²) in [6, 6.07) is 7.54. The molecule has 1 aromatic carbocycles. The Bertz CT molecular complexity index is 380. The maximum atomic E-state index is 11.9. The van der Waals surface area contributed by atoms with Gasteiger partial charge in [0.25, 0.3) is 0 Å². The molecule has 0 saturated heterocycles. The fraction of sp³-hybridized carbons (Fsp3) is 0.533. The summed E-state index contributed by atoms with van der Waals surface area (Å²) >= 11 is 3.36. The van der Waals surface area contributed by atoms with Crippen molar-refractivity contribution in [2.24, 2.45) is 0 Å². The van der Waals surface area contributed by atoms with Crippen molar-refractivity contribution in [2.75, 3.05) is 6.61 Å². The molecule has 1 aliphatic carbocycles. The van der Waals surface area contributed by atoms with E-state index in [0.29, 0.717) is 19.1 Å². The summed E-state index contributed by atoms with van der Waals surface area (Å²) in [7, 11) is 0. The number of ketones is 1. The van der Waals surface area contributed by atoms with Crippen LogP contribution in [0.2, 0.25) is 0 Å². The van der Waals surface area contributed by atoms with Crippen molar-refractivity contribution in [3.8, 4) is 0 Å². The first-order valence-corrected chi connectivity index (χ1v) is 7.45. The molecule has 0 bridgehead atoms. The number of benzene rings is 1. The average Bonchev–Trinajstić information content (AvgIpc) is 2.88. The van der Waals surface area contributed by atoms with E-state index in [9.17, 15) is 4.79 Å². The Kier molecular flexibility index (Phi) is 5.39. The topological polar surface area (TPSA) is 26.3 Å². The van der Waals surface area contributed by atoms with Crippen molar-refractivity contribution < 1.29 is 9.53 Å². The number of carbonyl (C=O) groups excluding carboxylic acids is 1. The molecule has 1 fully saturated rings. The normalized spacial score (nSPS) is 16.1. The molecule has 0 amide bonds. The number of rotatable bonds is 6. The summed E-state index contributed by atoms with van der Waals surface area (Å²) in [4.78, 5) is 11.9. The minimum absolute atomic E-state index is 0.206. The van der Waals surface area contributed by atoms with Gasteiger partial charge in [-0.15, -0.1) is 0 Å². The zero-order chi connectivity index (χ0) is 12.8. The molecule has 3 heteroatoms. The number of carbonyl (C=O) groups is 1. The molecule has 0 atom stereocenters. The van der Waals surface area contributed by atoms with Crippen molar-refractivity contribution in [3.05, 3.63) is 34.3 Å². The molecule has 18 heavy (non-hydrogen) atoms. The largest absolute Gasteiger partial charge is 0.378 e. The molecule has 0 radical (unpaired) electrons. The Morgan fingerprint density at radius 2 is 1.89 bits per heavy atom. The second-order valence-electron chi connectivity index (χ2n) is 4.81. The lowest BCUT2D eigenvalue weighted by Gasteiger charge is -2.10. The third-order valence-corrected chi connectivity index (χ3v) is 3.90. The van der Waals surface area contributed by atoms with Gasteiger partial charge < -0.3 is 4.74 Å². The summed E-state index contributed by atoms with van der Waals surface area (Å²) in [6.07, 6.45) is 6.83. The van der Waals surface area contributed by atoms with E-state index in [2.05, 4.69) is 15.9 Å². The van der Waals surface area contributed by atoms with Gasteiger partial charge in [-0.1, -0.05) is 40.9 Å². The number of hydrogen-bond acceptors (Lipinski definition) is 2. The molecule has 2 nitrogen and oxygen atoms in total. The van der Waals surface area contributed by atoms with Gasteiger partial charge in [-0.05, 0) is 31.4 Å². The van der Waals surface area contributed by atoms with Gasteiger partial charge >= 0.3 is 0 Å². The number of halogens is 1. The minimum Gasteiger partial charge on any atom is -0.378 e. The quantitative estimate of drug-likeness (QED) is 0.576. The van der Waals surface area contributed by atoms with Gasteiger partial charge in [0.05, 0.1) is 6.10 Å². The Balaban J connectivity index is 1.66. The monoisotopic (exact) mass is 310 g/mol. The second kappa shape index (κ2) is 7.05. The van der Waals surface area contributed by atoms with Crippen molar-refractivity contribution in [1.82, 2.24) is 0 Å². The Morgan fingerprint density at radius 3 is 2.56 bits per heavy atom. The molecule has 0 unspecified atom stereocenters. The lowest BCUT2D eigenvalue weighted by molar-refractivity contribution is 0.0546. The van der Waals surface area contributed by atoms with Crippen molar-refractivity contribution >= 4 is 21.7 Å². The van der Waals surface area contributed by atoms with Crippen LogP contribution in [0, 0.1) is 0 Å². The van der Waals surface area contributed by atoms with Gasteiger partial charge in [0.15, 0.2) is 5.78 Å². The Labute approximate surface area is 117 Å². The molecule has 98 valence electrons. The summed E-state index contributed by atoms with van der Waals surface area (Å²) in [6.45, 7) is 0.715. The molecule has 0 aliphatic heterocycles. The Morgan fingerprint density at radius 1 is 1.22 bits per heavy atom. The third-order valence-electron chi connectivity index (χ3n) is 3.37. The highest BCUT2D eigenvalue weighted by Gasteiger charge is 2.15. The number of ether oxygens (including phenoxy) is 1. The second-order valence-corrected chi connectivity index (χ2v) is 5.73. The van der Waals surface area contributed by atoms with Gasteiger partial charge in [0, 0.05) is 23.1 Å². The average molecular weight is 311 g/mol. The van der Waals surface area contributed by atoms with Gasteiger partial charge in [-0.2, -0.15) is 0 Å². The summed E-state index contributed by atoms with van der Waals surface area (Å²) in [5.41, 5.74) is 0.791. The molecule has 0 spiro atoms. The van der Waals surface area contributed by atoms with E-state index in [1.165, 1.54) is 25.7 Å². The molecule has 0 heterocycles. The van der Waals surface area contributed by atoms with Gasteiger partial charge in [-0.3, -0.25) is 4.79 Å². The maximum absolute atomic E-state index is 11.9. The molecular formula is C15H19BrO2. The van der Waals surface area contributed by atoms with Gasteiger partial charge in [0.1, 0.15) is 0 Å². The SMILES string of the molecule is O=C(CCCOC1CCCC1)c1ccc(Br)cc1. The molecule has 1 saturated carbocycles. The van der Waals surface area contributed by atoms with Crippen LogP contribution in [0.15, 0.2) is 28.7 Å². The van der Waals surface area contributed by atoms with E-state index in [-0.39, 0.29) is 5.78 Å². The lowest BCUT2D eigenvalue weighted by Crippen LogP contribution is -2.09. The molecule has 2 rings (SSSR count). The predicted molar refractivity (Wildman–Crippen MR) is 75.9 cm³/mol. The number of hydrogen-bond donors (Lipinski definition) is 0. The van der Waals surface area contributed by atoms with Crippen LogP contribution in [0.25, 0.3) is 0 Å². The Hall–Kier alpha value is -0.670. The van der Waals surface area contributed by atoms with Crippen molar-refractivity contribution in [1.29, 1.82) is 0 Å². The fourth-order valence-electron chi connectivity index (χ4n) is 2.32. The van der Waals surface area contributed by atoms with E-state index < -0.39 is 0 Å². The van der Waals surface area contributed by atoms with Crippen LogP contribution < -0.4 is 0 Å². The highest BCUT2D eigenvalue weighted by Crippen LogP contribution is 2.21. The van der Waals surface area contributed by atoms with Crippen LogP contribution in [0.1, 0.15) is 48.9 Å². The molecule has 1 aromatic rings. The van der Waals surface area contributed by atoms with E-state index >= 15 is 0 Å². The van der Waals surface area contributed by atoms with Crippen molar-refractivity contribution in [2.45, 2.75) is 44.6 Å². The van der Waals surface area contributed by atoms with Crippen LogP contribution in [0.3, 0.4) is 0 Å². The summed E-state index contributed by atoms with van der Waals surface area (Å²) in [5, 5.41) is 0. The van der Waals surface area contributed by atoms with E-state index in [1.54, 1.807) is 0 Å². The summed E-state index contributed by atoms with van der Waals surface area (Å²) < 4.78 is 6.75. The molecule has 0 N–H and O–H groups in total. The zero-order valence-corrected chi connectivity index (χ0v) is 12.1. The van der Waals surface area contributed by atoms with E-state index in [0.717, 1.165) is 16.5 Å². The highest BCUT2D eigenvalue weighted by atomic mass is 79.9. The smallest absolute Gasteiger partial charge is 0.162 e. The zero-order valence-electron chi connectivity index (χ0n) is 10.5. The first kappa shape index (κ1) is 13.8. The molecule has 1 aliphatic rings. The first-order chi connectivity index (χ1) is 8.75. The molecular weight excluding hydrogens is 292 g/mol. The van der Waals surface area contributed by atoms with Crippen LogP contribution >= 0.6 is 15.9 Å². The van der Waals surface area contributed by atoms with Crippen molar-refractivity contribution in [3.63, 3.8) is 0 Å². The van der Waals surface area contributed by atoms with Crippen LogP contribution in [-0.4, -0.2) is 18.5 Å². The van der Waals surface area contributed by atoms with Gasteiger partial charge in [-0.25, -0.2) is 0 Å². The van der Waals surface area contributed by atoms with Crippen LogP contribution in [0.5, 0.6) is 0 Å². The third kappa shape index (κ3) is 4.21. The fourth-order valence-corrected chi connectivity index (χ4v) is 2.58. The maximum Gasteiger partial charge on any atom is 0.162 e. The first-order valence-electron chi connectivity index (χ1n) is 6.66. The standard InChI is InChI=1S/C15H19BrO2/c16-13-9-7-12(8-10-13)15(17)6-3-11-18-14-4-1-2-5-14/h7-10,14H,1-6,11H2. The van der Waals surface area contributed by atoms with Crippen LogP contribution in [-0.2, 0) is 4.74 Å². The minimum atomic E-state index is 0.206. The van der Waals surface area contributed by atoms with E-state index in [4.69, 9.17) is 4.74 Å².